The van der Waals surface area contributed by atoms with E-state index in [0.29, 0.717) is 12.3 Å². The molecule has 3 rings (SSSR count). The first kappa shape index (κ1) is 17.9. The van der Waals surface area contributed by atoms with E-state index < -0.39 is 12.6 Å². The lowest BCUT2D eigenvalue weighted by molar-refractivity contribution is -0.139. The van der Waals surface area contributed by atoms with Gasteiger partial charge in [-0.25, -0.2) is 4.79 Å². The molecule has 1 aliphatic heterocycles. The smallest absolute Gasteiger partial charge is 0.341 e. The van der Waals surface area contributed by atoms with Crippen LogP contribution in [0.1, 0.15) is 22.7 Å². The topological polar surface area (TPSA) is 99.0 Å². The number of phenols is 2. The van der Waals surface area contributed by atoms with E-state index in [-0.39, 0.29) is 29.9 Å². The summed E-state index contributed by atoms with van der Waals surface area (Å²) in [7, 11) is 0. The first-order valence-corrected chi connectivity index (χ1v) is 7.28. The zero-order valence-corrected chi connectivity index (χ0v) is 13.5. The SMILES string of the molecule is Cl.O=C(O)COc1ccccc1C1NCCc2cc(O)c(O)cc21. The maximum Gasteiger partial charge on any atom is 0.341 e. The Morgan fingerprint density at radius 1 is 1.17 bits per heavy atom. The van der Waals surface area contributed by atoms with Crippen LogP contribution in [0.4, 0.5) is 0 Å². The minimum Gasteiger partial charge on any atom is -0.504 e. The van der Waals surface area contributed by atoms with Gasteiger partial charge in [0.1, 0.15) is 5.75 Å². The lowest BCUT2D eigenvalue weighted by Crippen LogP contribution is -2.31. The molecule has 1 atom stereocenters. The van der Waals surface area contributed by atoms with Crippen LogP contribution in [0.2, 0.25) is 0 Å². The molecule has 0 aliphatic carbocycles. The Hall–Kier alpha value is -2.44. The second-order valence-corrected chi connectivity index (χ2v) is 5.40. The van der Waals surface area contributed by atoms with Gasteiger partial charge in [-0.1, -0.05) is 18.2 Å². The Bertz CT molecular complexity index is 750. The van der Waals surface area contributed by atoms with Gasteiger partial charge in [0.2, 0.25) is 0 Å². The Morgan fingerprint density at radius 3 is 2.62 bits per heavy atom. The molecule has 2 aromatic carbocycles. The van der Waals surface area contributed by atoms with Crippen LogP contribution < -0.4 is 10.1 Å². The van der Waals surface area contributed by atoms with Crippen LogP contribution in [0.25, 0.3) is 0 Å². The molecule has 0 aromatic heterocycles. The standard InChI is InChI=1S/C17H17NO5.ClH/c19-13-7-10-5-6-18-17(12(10)8-14(13)20)11-3-1-2-4-15(11)23-9-16(21)22;/h1-4,7-8,17-20H,5-6,9H2,(H,21,22);1H. The van der Waals surface area contributed by atoms with Crippen molar-refractivity contribution >= 4 is 18.4 Å². The van der Waals surface area contributed by atoms with E-state index in [1.807, 2.05) is 12.1 Å². The zero-order valence-electron chi connectivity index (χ0n) is 12.7. The quantitative estimate of drug-likeness (QED) is 0.630. The molecule has 2 aromatic rings. The van der Waals surface area contributed by atoms with E-state index in [0.717, 1.165) is 23.1 Å². The monoisotopic (exact) mass is 351 g/mol. The molecule has 24 heavy (non-hydrogen) atoms. The largest absolute Gasteiger partial charge is 0.504 e. The first-order valence-electron chi connectivity index (χ1n) is 7.28. The maximum atomic E-state index is 10.7. The number of hydrogen-bond acceptors (Lipinski definition) is 5. The highest BCUT2D eigenvalue weighted by molar-refractivity contribution is 5.85. The highest BCUT2D eigenvalue weighted by atomic mass is 35.5. The lowest BCUT2D eigenvalue weighted by Gasteiger charge is -2.29. The number of phenolic OH excluding ortho intramolecular Hbond substituents is 2. The number of nitrogens with one attached hydrogen (secondary N) is 1. The van der Waals surface area contributed by atoms with Crippen LogP contribution in [0.15, 0.2) is 36.4 Å². The van der Waals surface area contributed by atoms with E-state index in [9.17, 15) is 15.0 Å². The van der Waals surface area contributed by atoms with E-state index in [1.165, 1.54) is 6.07 Å². The highest BCUT2D eigenvalue weighted by Gasteiger charge is 2.25. The number of para-hydroxylation sites is 1. The average Bonchev–Trinajstić information content (AvgIpc) is 2.54. The molecule has 4 N–H and O–H groups in total. The van der Waals surface area contributed by atoms with Crippen molar-refractivity contribution in [3.8, 4) is 17.2 Å². The molecule has 0 fully saturated rings. The summed E-state index contributed by atoms with van der Waals surface area (Å²) in [4.78, 5) is 10.7. The zero-order chi connectivity index (χ0) is 16.4. The third kappa shape index (κ3) is 3.55. The van der Waals surface area contributed by atoms with E-state index in [4.69, 9.17) is 9.84 Å². The van der Waals surface area contributed by atoms with Crippen molar-refractivity contribution in [3.05, 3.63) is 53.1 Å². The van der Waals surface area contributed by atoms with Crippen molar-refractivity contribution < 1.29 is 24.9 Å². The molecular formula is C17H18ClNO5. The van der Waals surface area contributed by atoms with Crippen LogP contribution in [-0.2, 0) is 11.2 Å². The number of carboxylic acid groups (broad SMARTS) is 1. The number of benzene rings is 2. The van der Waals surface area contributed by atoms with Gasteiger partial charge >= 0.3 is 5.97 Å². The normalized spacial score (nSPS) is 15.9. The molecule has 0 radical (unpaired) electrons. The fourth-order valence-corrected chi connectivity index (χ4v) is 2.85. The van der Waals surface area contributed by atoms with Gasteiger partial charge < -0.3 is 25.4 Å². The predicted octanol–water partition coefficient (Wildman–Crippen LogP) is 2.22. The molecule has 1 unspecified atom stereocenters. The number of carbonyl (C=O) groups is 1. The summed E-state index contributed by atoms with van der Waals surface area (Å²) in [6.45, 7) is 0.284. The Balaban J connectivity index is 0.00000208. The number of ether oxygens (including phenoxy) is 1. The van der Waals surface area contributed by atoms with Crippen molar-refractivity contribution in [2.24, 2.45) is 0 Å². The van der Waals surface area contributed by atoms with Gasteiger partial charge in [0.05, 0.1) is 6.04 Å². The number of rotatable bonds is 4. The van der Waals surface area contributed by atoms with Crippen molar-refractivity contribution in [1.82, 2.24) is 5.32 Å². The molecule has 0 amide bonds. The van der Waals surface area contributed by atoms with Crippen molar-refractivity contribution in [1.29, 1.82) is 0 Å². The number of aliphatic carboxylic acids is 1. The summed E-state index contributed by atoms with van der Waals surface area (Å²) in [5, 5.41) is 31.6. The lowest BCUT2D eigenvalue weighted by atomic mass is 9.89. The van der Waals surface area contributed by atoms with Gasteiger partial charge in [-0.3, -0.25) is 0 Å². The minimum atomic E-state index is -1.04. The number of halogens is 1. The Morgan fingerprint density at radius 2 is 1.88 bits per heavy atom. The van der Waals surface area contributed by atoms with Crippen LogP contribution in [0.3, 0.4) is 0 Å². The minimum absolute atomic E-state index is 0. The van der Waals surface area contributed by atoms with Crippen LogP contribution in [0, 0.1) is 0 Å². The number of aromatic hydroxyl groups is 2. The Labute approximate surface area is 145 Å². The van der Waals surface area contributed by atoms with Gasteiger partial charge in [0, 0.05) is 12.1 Å². The first-order chi connectivity index (χ1) is 11.1. The van der Waals surface area contributed by atoms with Crippen LogP contribution in [0.5, 0.6) is 17.2 Å². The summed E-state index contributed by atoms with van der Waals surface area (Å²) in [6.07, 6.45) is 0.734. The van der Waals surface area contributed by atoms with Gasteiger partial charge in [-0.05, 0) is 35.7 Å². The highest BCUT2D eigenvalue weighted by Crippen LogP contribution is 2.38. The van der Waals surface area contributed by atoms with Crippen LogP contribution in [-0.4, -0.2) is 34.4 Å². The van der Waals surface area contributed by atoms with Crippen molar-refractivity contribution in [3.63, 3.8) is 0 Å². The summed E-state index contributed by atoms with van der Waals surface area (Å²) >= 11 is 0. The Kier molecular flexibility index (Phi) is 5.54. The van der Waals surface area contributed by atoms with Crippen molar-refractivity contribution in [2.75, 3.05) is 13.2 Å². The molecule has 0 bridgehead atoms. The molecule has 0 saturated heterocycles. The molecule has 0 saturated carbocycles. The summed E-state index contributed by atoms with van der Waals surface area (Å²) < 4.78 is 5.37. The van der Waals surface area contributed by atoms with Crippen LogP contribution >= 0.6 is 12.4 Å². The average molecular weight is 352 g/mol. The van der Waals surface area contributed by atoms with Crippen molar-refractivity contribution in [2.45, 2.75) is 12.5 Å². The fraction of sp³-hybridized carbons (Fsp3) is 0.235. The van der Waals surface area contributed by atoms with Gasteiger partial charge in [-0.2, -0.15) is 0 Å². The second-order valence-electron chi connectivity index (χ2n) is 5.40. The molecule has 1 heterocycles. The van der Waals surface area contributed by atoms with Gasteiger partial charge in [0.25, 0.3) is 0 Å². The third-order valence-electron chi connectivity index (χ3n) is 3.87. The molecular weight excluding hydrogens is 334 g/mol. The van der Waals surface area contributed by atoms with Gasteiger partial charge in [0.15, 0.2) is 18.1 Å². The maximum absolute atomic E-state index is 10.7. The van der Waals surface area contributed by atoms with E-state index in [2.05, 4.69) is 5.32 Å². The van der Waals surface area contributed by atoms with E-state index in [1.54, 1.807) is 18.2 Å². The third-order valence-corrected chi connectivity index (χ3v) is 3.87. The molecule has 128 valence electrons. The summed E-state index contributed by atoms with van der Waals surface area (Å²) in [5.41, 5.74) is 2.58. The molecule has 6 nitrogen and oxygen atoms in total. The number of carboxylic acids is 1. The summed E-state index contributed by atoms with van der Waals surface area (Å²) in [6, 6.07) is 10.1. The molecule has 7 heteroatoms. The number of hydrogen-bond donors (Lipinski definition) is 4. The second kappa shape index (κ2) is 7.42. The number of fused-ring (bicyclic) bond motifs is 1. The summed E-state index contributed by atoms with van der Waals surface area (Å²) in [5.74, 6) is -0.881. The molecule has 1 aliphatic rings. The predicted molar refractivity (Wildman–Crippen MR) is 90.1 cm³/mol. The fourth-order valence-electron chi connectivity index (χ4n) is 2.85. The van der Waals surface area contributed by atoms with E-state index >= 15 is 0 Å². The molecule has 0 spiro atoms. The van der Waals surface area contributed by atoms with Gasteiger partial charge in [-0.15, -0.1) is 12.4 Å².